The van der Waals surface area contributed by atoms with Gasteiger partial charge in [0.15, 0.2) is 0 Å². The van der Waals surface area contributed by atoms with E-state index in [4.69, 9.17) is 9.15 Å². The van der Waals surface area contributed by atoms with Gasteiger partial charge in [-0.25, -0.2) is 0 Å². The lowest BCUT2D eigenvalue weighted by atomic mass is 10.1. The molecule has 0 unspecified atom stereocenters. The minimum Gasteiger partial charge on any atom is -0.450 e. The number of ether oxygens (including phenoxy) is 1. The van der Waals surface area contributed by atoms with E-state index in [1.807, 2.05) is 0 Å². The van der Waals surface area contributed by atoms with Crippen molar-refractivity contribution in [1.82, 2.24) is 10.3 Å². The van der Waals surface area contributed by atoms with Gasteiger partial charge in [0.2, 0.25) is 0 Å². The Kier molecular flexibility index (Phi) is 6.70. The molecule has 0 saturated carbocycles. The molecule has 1 rings (SSSR count). The fraction of sp³-hybridized carbons (Fsp3) is 0.769. The third kappa shape index (κ3) is 6.31. The van der Waals surface area contributed by atoms with E-state index in [9.17, 15) is 0 Å². The zero-order valence-electron chi connectivity index (χ0n) is 11.2. The first kappa shape index (κ1) is 14.0. The zero-order valence-corrected chi connectivity index (χ0v) is 11.2. The lowest BCUT2D eigenvalue weighted by molar-refractivity contribution is 0.221. The van der Waals surface area contributed by atoms with Crippen molar-refractivity contribution in [3.8, 4) is 6.08 Å². The second kappa shape index (κ2) is 8.12. The highest BCUT2D eigenvalue weighted by Gasteiger charge is 2.04. The van der Waals surface area contributed by atoms with Gasteiger partial charge in [-0.3, -0.25) is 0 Å². The van der Waals surface area contributed by atoms with Crippen LogP contribution in [0.4, 0.5) is 0 Å². The SMILES string of the molecule is CCCNCc1coc(OCCCC(C)C)n1. The molecule has 0 atom stereocenters. The summed E-state index contributed by atoms with van der Waals surface area (Å²) in [6.07, 6.45) is 5.38. The molecular formula is C13H24N2O2. The molecule has 1 heterocycles. The van der Waals surface area contributed by atoms with E-state index >= 15 is 0 Å². The number of oxazole rings is 1. The van der Waals surface area contributed by atoms with Gasteiger partial charge in [0.05, 0.1) is 12.3 Å². The van der Waals surface area contributed by atoms with Gasteiger partial charge in [-0.15, -0.1) is 0 Å². The molecule has 17 heavy (non-hydrogen) atoms. The number of nitrogens with one attached hydrogen (secondary N) is 1. The Balaban J connectivity index is 2.16. The fourth-order valence-corrected chi connectivity index (χ4v) is 1.48. The third-order valence-electron chi connectivity index (χ3n) is 2.41. The van der Waals surface area contributed by atoms with Crippen LogP contribution >= 0.6 is 0 Å². The van der Waals surface area contributed by atoms with Crippen LogP contribution < -0.4 is 10.1 Å². The highest BCUT2D eigenvalue weighted by Crippen LogP contribution is 2.11. The number of nitrogens with zero attached hydrogens (tertiary/aromatic N) is 1. The largest absolute Gasteiger partial charge is 0.450 e. The molecule has 0 aliphatic rings. The van der Waals surface area contributed by atoms with Gasteiger partial charge in [-0.2, -0.15) is 4.98 Å². The number of hydrogen-bond acceptors (Lipinski definition) is 4. The average molecular weight is 240 g/mol. The molecule has 0 fully saturated rings. The van der Waals surface area contributed by atoms with Crippen LogP contribution in [0.15, 0.2) is 10.7 Å². The van der Waals surface area contributed by atoms with E-state index in [-0.39, 0.29) is 0 Å². The second-order valence-corrected chi connectivity index (χ2v) is 4.67. The standard InChI is InChI=1S/C13H24N2O2/c1-4-7-14-9-12-10-17-13(15-12)16-8-5-6-11(2)3/h10-11,14H,4-9H2,1-3H3. The van der Waals surface area contributed by atoms with Crippen molar-refractivity contribution in [3.05, 3.63) is 12.0 Å². The normalized spacial score (nSPS) is 11.1. The number of aromatic nitrogens is 1. The van der Waals surface area contributed by atoms with Crippen LogP contribution in [0.3, 0.4) is 0 Å². The smallest absolute Gasteiger partial charge is 0.393 e. The van der Waals surface area contributed by atoms with Gasteiger partial charge in [0.25, 0.3) is 0 Å². The minimum absolute atomic E-state index is 0.391. The molecule has 0 radical (unpaired) electrons. The molecule has 4 heteroatoms. The van der Waals surface area contributed by atoms with Crippen LogP contribution in [-0.2, 0) is 6.54 Å². The van der Waals surface area contributed by atoms with E-state index in [1.165, 1.54) is 6.42 Å². The summed E-state index contributed by atoms with van der Waals surface area (Å²) < 4.78 is 10.7. The summed E-state index contributed by atoms with van der Waals surface area (Å²) in [5, 5.41) is 3.27. The Morgan fingerprint density at radius 1 is 1.47 bits per heavy atom. The Hall–Kier alpha value is -1.03. The summed E-state index contributed by atoms with van der Waals surface area (Å²) in [4.78, 5) is 4.25. The molecule has 0 spiro atoms. The maximum atomic E-state index is 5.44. The second-order valence-electron chi connectivity index (χ2n) is 4.67. The molecule has 4 nitrogen and oxygen atoms in total. The molecule has 0 amide bonds. The Morgan fingerprint density at radius 2 is 2.29 bits per heavy atom. The van der Waals surface area contributed by atoms with Gasteiger partial charge in [0.1, 0.15) is 6.26 Å². The van der Waals surface area contributed by atoms with Crippen molar-refractivity contribution >= 4 is 0 Å². The van der Waals surface area contributed by atoms with Crippen molar-refractivity contribution in [2.75, 3.05) is 13.2 Å². The Morgan fingerprint density at radius 3 is 3.00 bits per heavy atom. The predicted molar refractivity (Wildman–Crippen MR) is 68.1 cm³/mol. The maximum Gasteiger partial charge on any atom is 0.393 e. The highest BCUT2D eigenvalue weighted by molar-refractivity contribution is 4.99. The van der Waals surface area contributed by atoms with Crippen molar-refractivity contribution in [2.45, 2.75) is 46.6 Å². The summed E-state index contributed by atoms with van der Waals surface area (Å²) in [5.41, 5.74) is 0.900. The van der Waals surface area contributed by atoms with E-state index < -0.39 is 0 Å². The Labute approximate surface area is 104 Å². The lowest BCUT2D eigenvalue weighted by Gasteiger charge is -2.03. The van der Waals surface area contributed by atoms with Gasteiger partial charge in [-0.1, -0.05) is 20.8 Å². The van der Waals surface area contributed by atoms with Crippen molar-refractivity contribution in [1.29, 1.82) is 0 Å². The van der Waals surface area contributed by atoms with E-state index in [1.54, 1.807) is 6.26 Å². The molecule has 1 N–H and O–H groups in total. The highest BCUT2D eigenvalue weighted by atomic mass is 16.6. The molecule has 98 valence electrons. The maximum absolute atomic E-state index is 5.44. The van der Waals surface area contributed by atoms with Gasteiger partial charge < -0.3 is 14.5 Å². The van der Waals surface area contributed by atoms with Crippen molar-refractivity contribution < 1.29 is 9.15 Å². The van der Waals surface area contributed by atoms with Crippen molar-refractivity contribution in [2.24, 2.45) is 5.92 Å². The molecule has 0 aliphatic heterocycles. The van der Waals surface area contributed by atoms with E-state index in [0.717, 1.165) is 37.5 Å². The van der Waals surface area contributed by atoms with Crippen LogP contribution in [0, 0.1) is 5.92 Å². The molecule has 0 aliphatic carbocycles. The van der Waals surface area contributed by atoms with Crippen LogP contribution in [0.5, 0.6) is 6.08 Å². The monoisotopic (exact) mass is 240 g/mol. The van der Waals surface area contributed by atoms with Gasteiger partial charge >= 0.3 is 6.08 Å². The summed E-state index contributed by atoms with van der Waals surface area (Å²) in [7, 11) is 0. The first-order valence-corrected chi connectivity index (χ1v) is 6.50. The van der Waals surface area contributed by atoms with Crippen LogP contribution in [0.1, 0.15) is 45.7 Å². The van der Waals surface area contributed by atoms with Crippen LogP contribution in [0.2, 0.25) is 0 Å². The summed E-state index contributed by atoms with van der Waals surface area (Å²) >= 11 is 0. The lowest BCUT2D eigenvalue weighted by Crippen LogP contribution is -2.13. The van der Waals surface area contributed by atoms with Crippen LogP contribution in [-0.4, -0.2) is 18.1 Å². The van der Waals surface area contributed by atoms with Crippen molar-refractivity contribution in [3.63, 3.8) is 0 Å². The fourth-order valence-electron chi connectivity index (χ4n) is 1.48. The van der Waals surface area contributed by atoms with E-state index in [0.29, 0.717) is 12.7 Å². The van der Waals surface area contributed by atoms with Crippen LogP contribution in [0.25, 0.3) is 0 Å². The summed E-state index contributed by atoms with van der Waals surface area (Å²) in [6, 6.07) is 0. The third-order valence-corrected chi connectivity index (χ3v) is 2.41. The molecule has 0 saturated heterocycles. The average Bonchev–Trinajstić information content (AvgIpc) is 2.73. The Bertz CT molecular complexity index is 297. The van der Waals surface area contributed by atoms with Gasteiger partial charge in [0, 0.05) is 6.54 Å². The molecule has 1 aromatic heterocycles. The summed E-state index contributed by atoms with van der Waals surface area (Å²) in [5.74, 6) is 0.719. The topological polar surface area (TPSA) is 47.3 Å². The predicted octanol–water partition coefficient (Wildman–Crippen LogP) is 2.99. The molecule has 1 aromatic rings. The first-order valence-electron chi connectivity index (χ1n) is 6.50. The zero-order chi connectivity index (χ0) is 12.5. The molecular weight excluding hydrogens is 216 g/mol. The molecule has 0 aromatic carbocycles. The number of rotatable bonds is 9. The molecule has 0 bridgehead atoms. The first-order chi connectivity index (χ1) is 8.22. The number of hydrogen-bond donors (Lipinski definition) is 1. The quantitative estimate of drug-likeness (QED) is 0.674. The summed E-state index contributed by atoms with van der Waals surface area (Å²) in [6.45, 7) is 8.98. The van der Waals surface area contributed by atoms with E-state index in [2.05, 4.69) is 31.1 Å². The minimum atomic E-state index is 0.391. The van der Waals surface area contributed by atoms with Gasteiger partial charge in [-0.05, 0) is 31.7 Å².